The molecular formula is C28H29N7O4S. The Kier molecular flexibility index (Phi) is 7.43. The van der Waals surface area contributed by atoms with Crippen LogP contribution in [0.2, 0.25) is 0 Å². The first-order chi connectivity index (χ1) is 19.2. The second-order valence-corrected chi connectivity index (χ2v) is 11.3. The van der Waals surface area contributed by atoms with Gasteiger partial charge >= 0.3 is 0 Å². The first kappa shape index (κ1) is 26.8. The van der Waals surface area contributed by atoms with Crippen LogP contribution >= 0.6 is 0 Å². The van der Waals surface area contributed by atoms with Crippen LogP contribution in [0.1, 0.15) is 21.7 Å². The van der Waals surface area contributed by atoms with Crippen molar-refractivity contribution < 1.29 is 17.6 Å². The molecule has 0 aliphatic carbocycles. The number of rotatable bonds is 10. The summed E-state index contributed by atoms with van der Waals surface area (Å²) in [5.41, 5.74) is 3.14. The zero-order chi connectivity index (χ0) is 28.3. The van der Waals surface area contributed by atoms with E-state index >= 15 is 0 Å². The summed E-state index contributed by atoms with van der Waals surface area (Å²) in [4.78, 5) is 26.9. The summed E-state index contributed by atoms with van der Waals surface area (Å²) >= 11 is 0. The molecule has 0 spiro atoms. The number of carbonyl (C=O) groups is 1. The van der Waals surface area contributed by atoms with Crippen LogP contribution in [0.25, 0.3) is 11.0 Å². The van der Waals surface area contributed by atoms with Gasteiger partial charge in [-0.15, -0.1) is 0 Å². The number of H-pyrrole nitrogens is 1. The standard InChI is InChI=1S/C28H29N7O4S/c1-34(18-22-11-7-15-39-22)27(36)19-9-6-10-21(16-19)31-28-32-25-23(13-14-29-25)26(33-28)30-17-20-8-4-5-12-24(20)35(2)40(3,37)38/h4-16H,17-18H2,1-3H3,(H3,29,30,31,32,33). The number of benzene rings is 2. The highest BCUT2D eigenvalue weighted by Crippen LogP contribution is 2.26. The van der Waals surface area contributed by atoms with Crippen molar-refractivity contribution in [3.63, 3.8) is 0 Å². The normalized spacial score (nSPS) is 11.4. The van der Waals surface area contributed by atoms with E-state index in [1.54, 1.807) is 60.8 Å². The maximum atomic E-state index is 13.0. The molecule has 5 aromatic rings. The number of hydrogen-bond acceptors (Lipinski definition) is 8. The van der Waals surface area contributed by atoms with Gasteiger partial charge in [-0.25, -0.2) is 8.42 Å². The van der Waals surface area contributed by atoms with E-state index in [9.17, 15) is 13.2 Å². The topological polar surface area (TPSA) is 136 Å². The number of nitrogens with zero attached hydrogens (tertiary/aromatic N) is 4. The number of para-hydroxylation sites is 1. The van der Waals surface area contributed by atoms with E-state index in [-0.39, 0.29) is 5.91 Å². The molecule has 11 nitrogen and oxygen atoms in total. The Labute approximate surface area is 231 Å². The highest BCUT2D eigenvalue weighted by molar-refractivity contribution is 7.92. The van der Waals surface area contributed by atoms with Gasteiger partial charge in [0.1, 0.15) is 17.2 Å². The van der Waals surface area contributed by atoms with Crippen LogP contribution in [0.15, 0.2) is 83.6 Å². The van der Waals surface area contributed by atoms with Crippen molar-refractivity contribution in [2.75, 3.05) is 35.3 Å². The number of hydrogen-bond donors (Lipinski definition) is 3. The van der Waals surface area contributed by atoms with Crippen molar-refractivity contribution in [2.45, 2.75) is 13.1 Å². The number of sulfonamides is 1. The summed E-state index contributed by atoms with van der Waals surface area (Å²) in [7, 11) is -0.178. The fourth-order valence-corrected chi connectivity index (χ4v) is 4.78. The molecule has 0 aliphatic rings. The summed E-state index contributed by atoms with van der Waals surface area (Å²) in [5.74, 6) is 1.44. The van der Waals surface area contributed by atoms with Crippen molar-refractivity contribution in [1.29, 1.82) is 0 Å². The molecule has 3 heterocycles. The highest BCUT2D eigenvalue weighted by atomic mass is 32.2. The molecule has 0 aliphatic heterocycles. The minimum atomic E-state index is -3.42. The van der Waals surface area contributed by atoms with Crippen molar-refractivity contribution in [3.8, 4) is 0 Å². The molecule has 0 fully saturated rings. The van der Waals surface area contributed by atoms with Crippen molar-refractivity contribution in [3.05, 3.63) is 96.1 Å². The lowest BCUT2D eigenvalue weighted by atomic mass is 10.1. The fourth-order valence-electron chi connectivity index (χ4n) is 4.24. The maximum absolute atomic E-state index is 13.0. The second kappa shape index (κ2) is 11.1. The first-order valence-corrected chi connectivity index (χ1v) is 14.3. The van der Waals surface area contributed by atoms with E-state index in [1.165, 1.54) is 17.6 Å². The summed E-state index contributed by atoms with van der Waals surface area (Å²) < 4.78 is 30.9. The quantitative estimate of drug-likeness (QED) is 0.226. The Bertz CT molecular complexity index is 1750. The van der Waals surface area contributed by atoms with Crippen molar-refractivity contribution in [1.82, 2.24) is 19.9 Å². The number of nitrogens with one attached hydrogen (secondary N) is 3. The van der Waals surface area contributed by atoms with E-state index < -0.39 is 10.0 Å². The van der Waals surface area contributed by atoms with Gasteiger partial charge in [0.2, 0.25) is 16.0 Å². The Hall–Kier alpha value is -4.84. The van der Waals surface area contributed by atoms with E-state index in [0.29, 0.717) is 53.2 Å². The average Bonchev–Trinajstić information content (AvgIpc) is 3.63. The molecule has 3 aromatic heterocycles. The van der Waals surface area contributed by atoms with Gasteiger partial charge in [-0.1, -0.05) is 24.3 Å². The Morgan fingerprint density at radius 3 is 2.62 bits per heavy atom. The van der Waals surface area contributed by atoms with E-state index in [4.69, 9.17) is 4.42 Å². The lowest BCUT2D eigenvalue weighted by molar-refractivity contribution is 0.0775. The Morgan fingerprint density at radius 2 is 1.85 bits per heavy atom. The van der Waals surface area contributed by atoms with Crippen LogP contribution in [0.4, 0.5) is 23.1 Å². The van der Waals surface area contributed by atoms with Crippen LogP contribution in [-0.4, -0.2) is 54.5 Å². The molecule has 5 rings (SSSR count). The van der Waals surface area contributed by atoms with Crippen LogP contribution in [0.5, 0.6) is 0 Å². The monoisotopic (exact) mass is 559 g/mol. The molecule has 0 bridgehead atoms. The van der Waals surface area contributed by atoms with E-state index in [1.807, 2.05) is 30.3 Å². The van der Waals surface area contributed by atoms with Crippen molar-refractivity contribution in [2.24, 2.45) is 0 Å². The molecule has 1 amide bonds. The number of carbonyl (C=O) groups excluding carboxylic acids is 1. The second-order valence-electron chi connectivity index (χ2n) is 9.29. The van der Waals surface area contributed by atoms with Gasteiger partial charge in [0.15, 0.2) is 0 Å². The molecule has 40 heavy (non-hydrogen) atoms. The van der Waals surface area contributed by atoms with Crippen LogP contribution in [-0.2, 0) is 23.1 Å². The van der Waals surface area contributed by atoms with Gasteiger partial charge in [0.05, 0.1) is 30.1 Å². The molecule has 206 valence electrons. The Morgan fingerprint density at radius 1 is 1.02 bits per heavy atom. The first-order valence-electron chi connectivity index (χ1n) is 12.4. The minimum absolute atomic E-state index is 0.152. The third-order valence-electron chi connectivity index (χ3n) is 6.38. The van der Waals surface area contributed by atoms with Gasteiger partial charge in [-0.3, -0.25) is 9.10 Å². The average molecular weight is 560 g/mol. The predicted octanol–water partition coefficient (Wildman–Crippen LogP) is 4.57. The van der Waals surface area contributed by atoms with Gasteiger partial charge < -0.3 is 24.9 Å². The molecule has 0 unspecified atom stereocenters. The number of anilines is 4. The van der Waals surface area contributed by atoms with Crippen molar-refractivity contribution >= 4 is 50.1 Å². The van der Waals surface area contributed by atoms with E-state index in [0.717, 1.165) is 10.9 Å². The third kappa shape index (κ3) is 5.91. The molecule has 3 N–H and O–H groups in total. The van der Waals surface area contributed by atoms with Gasteiger partial charge in [0, 0.05) is 38.1 Å². The molecule has 0 radical (unpaired) electrons. The van der Waals surface area contributed by atoms with Crippen LogP contribution < -0.4 is 14.9 Å². The smallest absolute Gasteiger partial charge is 0.254 e. The molecule has 0 saturated carbocycles. The molecule has 0 saturated heterocycles. The summed E-state index contributed by atoms with van der Waals surface area (Å²) in [6.45, 7) is 0.687. The molecule has 2 aromatic carbocycles. The number of fused-ring (bicyclic) bond motifs is 1. The molecular weight excluding hydrogens is 530 g/mol. The number of aromatic nitrogens is 3. The number of amides is 1. The lowest BCUT2D eigenvalue weighted by Crippen LogP contribution is -2.26. The van der Waals surface area contributed by atoms with E-state index in [2.05, 4.69) is 25.6 Å². The maximum Gasteiger partial charge on any atom is 0.254 e. The highest BCUT2D eigenvalue weighted by Gasteiger charge is 2.17. The number of aromatic amines is 1. The van der Waals surface area contributed by atoms with Crippen LogP contribution in [0.3, 0.4) is 0 Å². The third-order valence-corrected chi connectivity index (χ3v) is 7.57. The predicted molar refractivity (Wildman–Crippen MR) is 155 cm³/mol. The molecule has 12 heteroatoms. The van der Waals surface area contributed by atoms with Gasteiger partial charge in [-0.05, 0) is 48.0 Å². The lowest BCUT2D eigenvalue weighted by Gasteiger charge is -2.20. The van der Waals surface area contributed by atoms with Gasteiger partial charge in [-0.2, -0.15) is 9.97 Å². The number of furan rings is 1. The SMILES string of the molecule is CN(Cc1ccco1)C(=O)c1cccc(Nc2nc(NCc3ccccc3N(C)S(C)(=O)=O)c3cc[nH]c3n2)c1. The summed E-state index contributed by atoms with van der Waals surface area (Å²) in [6.07, 6.45) is 4.52. The summed E-state index contributed by atoms with van der Waals surface area (Å²) in [6, 6.07) is 19.9. The van der Waals surface area contributed by atoms with Gasteiger partial charge in [0.25, 0.3) is 5.91 Å². The fraction of sp³-hybridized carbons (Fsp3) is 0.179. The minimum Gasteiger partial charge on any atom is -0.467 e. The largest absolute Gasteiger partial charge is 0.467 e. The summed E-state index contributed by atoms with van der Waals surface area (Å²) in [5, 5.41) is 7.30. The zero-order valence-electron chi connectivity index (χ0n) is 22.2. The zero-order valence-corrected chi connectivity index (χ0v) is 23.1. The Balaban J connectivity index is 1.36. The van der Waals surface area contributed by atoms with Crippen LogP contribution in [0, 0.1) is 0 Å². The molecule has 0 atom stereocenters.